The van der Waals surface area contributed by atoms with Crippen LogP contribution in [0.3, 0.4) is 0 Å². The fourth-order valence-electron chi connectivity index (χ4n) is 8.60. The highest BCUT2D eigenvalue weighted by Gasteiger charge is 2.29. The van der Waals surface area contributed by atoms with Crippen molar-refractivity contribution in [3.63, 3.8) is 0 Å². The number of methoxy groups -OCH3 is 2. The van der Waals surface area contributed by atoms with Crippen LogP contribution >= 0.6 is 22.7 Å². The minimum absolute atomic E-state index is 0.0594. The number of aldehydes is 1. The number of thiophene rings is 2. The monoisotopic (exact) mass is 894 g/mol. The van der Waals surface area contributed by atoms with E-state index >= 15 is 0 Å². The van der Waals surface area contributed by atoms with Crippen LogP contribution < -0.4 is 14.8 Å². The minimum Gasteiger partial charge on any atom is -0.494 e. The molecule has 17 heteroatoms. The van der Waals surface area contributed by atoms with E-state index in [0.717, 1.165) is 73.6 Å². The summed E-state index contributed by atoms with van der Waals surface area (Å²) in [6.07, 6.45) is 2.93. The van der Waals surface area contributed by atoms with E-state index in [0.29, 0.717) is 42.0 Å². The van der Waals surface area contributed by atoms with Crippen LogP contribution in [0.5, 0.6) is 11.5 Å². The van der Waals surface area contributed by atoms with E-state index in [9.17, 15) is 24.5 Å². The Morgan fingerprint density at radius 2 is 1.41 bits per heavy atom. The summed E-state index contributed by atoms with van der Waals surface area (Å²) in [7, 11) is 6.66. The molecule has 7 aromatic rings. The topological polar surface area (TPSA) is 159 Å². The van der Waals surface area contributed by atoms with Crippen LogP contribution in [0.25, 0.3) is 43.0 Å². The molecule has 0 bridgehead atoms. The summed E-state index contributed by atoms with van der Waals surface area (Å²) in [4.78, 5) is 57.9. The van der Waals surface area contributed by atoms with E-state index in [1.165, 1.54) is 33.6 Å². The molecule has 2 aliphatic rings. The lowest BCUT2D eigenvalue weighted by atomic mass is 10.1. The van der Waals surface area contributed by atoms with Gasteiger partial charge in [-0.25, -0.2) is 4.98 Å². The van der Waals surface area contributed by atoms with Crippen molar-refractivity contribution in [2.45, 2.75) is 53.6 Å². The highest BCUT2D eigenvalue weighted by molar-refractivity contribution is 7.17. The standard InChI is InChI=1S/C23H26N4O2S.C14H19N3O4.C9H9NOS/c1-5-27-18(11-15-7-9-30-23(15)27)21-24-17-10-16(12-19(29-4)20(17)25(21)3)22(28)26-8-6-14(2)13-26;1-9-4-5-16(8-9)14(18)10-6-11(17(19)20)13(15-2)12(7-10)21-3;1-2-10-8(6-11)5-7-3-4-12-9(7)10/h7,9-12,14H,5-6,8,13H2,1-4H3;6-7,9,15H,4-5,8H2,1-3H3;3-6H,2H2,1H3/t14-;9-;/m11./s1. The third-order valence-electron chi connectivity index (χ3n) is 11.8. The molecular weight excluding hydrogens is 841 g/mol. The molecule has 0 aliphatic carbocycles. The molecule has 5 aromatic heterocycles. The smallest absolute Gasteiger partial charge is 0.296 e. The van der Waals surface area contributed by atoms with Crippen molar-refractivity contribution < 1.29 is 28.8 Å². The third-order valence-corrected chi connectivity index (χ3v) is 13.7. The van der Waals surface area contributed by atoms with E-state index in [1.54, 1.807) is 47.8 Å². The van der Waals surface area contributed by atoms with E-state index < -0.39 is 4.92 Å². The van der Waals surface area contributed by atoms with Crippen molar-refractivity contribution in [3.05, 3.63) is 86.2 Å². The van der Waals surface area contributed by atoms with Crippen LogP contribution in [-0.2, 0) is 20.1 Å². The molecule has 0 unspecified atom stereocenters. The van der Waals surface area contributed by atoms with Crippen molar-refractivity contribution >= 4 is 83.6 Å². The van der Waals surface area contributed by atoms with Crippen LogP contribution in [0.1, 0.15) is 71.7 Å². The lowest BCUT2D eigenvalue weighted by Crippen LogP contribution is -2.28. The maximum absolute atomic E-state index is 13.1. The molecule has 2 fully saturated rings. The molecule has 9 rings (SSSR count). The number of amides is 2. The Morgan fingerprint density at radius 3 is 1.92 bits per heavy atom. The molecule has 0 saturated carbocycles. The Bertz CT molecular complexity index is 2810. The predicted molar refractivity (Wildman–Crippen MR) is 251 cm³/mol. The molecule has 2 atom stereocenters. The Kier molecular flexibility index (Phi) is 13.6. The summed E-state index contributed by atoms with van der Waals surface area (Å²) in [6, 6.07) is 14.9. The number of nitro benzene ring substituents is 1. The lowest BCUT2D eigenvalue weighted by Gasteiger charge is -2.17. The van der Waals surface area contributed by atoms with Crippen molar-refractivity contribution in [1.82, 2.24) is 28.5 Å². The highest BCUT2D eigenvalue weighted by Crippen LogP contribution is 2.38. The molecule has 0 radical (unpaired) electrons. The number of rotatable bonds is 10. The second kappa shape index (κ2) is 19.0. The molecule has 2 amide bonds. The van der Waals surface area contributed by atoms with Gasteiger partial charge in [0, 0.05) is 75.8 Å². The molecule has 332 valence electrons. The zero-order valence-corrected chi connectivity index (χ0v) is 38.6. The normalized spacial score (nSPS) is 15.9. The molecule has 63 heavy (non-hydrogen) atoms. The van der Waals surface area contributed by atoms with Gasteiger partial charge in [-0.3, -0.25) is 24.5 Å². The molecule has 1 N–H and O–H groups in total. The first kappa shape index (κ1) is 44.8. The van der Waals surface area contributed by atoms with Crippen LogP contribution in [0.4, 0.5) is 11.4 Å². The van der Waals surface area contributed by atoms with Gasteiger partial charge in [0.05, 0.1) is 41.6 Å². The van der Waals surface area contributed by atoms with Gasteiger partial charge in [-0.1, -0.05) is 13.8 Å². The number of carbonyl (C=O) groups is 3. The Balaban J connectivity index is 0.000000156. The first-order valence-electron chi connectivity index (χ1n) is 21.1. The number of nitrogens with zero attached hydrogens (tertiary/aromatic N) is 7. The average molecular weight is 895 g/mol. The number of likely N-dealkylation sites (tertiary alicyclic amines) is 2. The molecular formula is C46H54N8O7S2. The molecule has 15 nitrogen and oxygen atoms in total. The minimum atomic E-state index is -0.516. The van der Waals surface area contributed by atoms with Crippen LogP contribution in [0.2, 0.25) is 0 Å². The maximum Gasteiger partial charge on any atom is 0.296 e. The van der Waals surface area contributed by atoms with Gasteiger partial charge in [0.25, 0.3) is 17.5 Å². The van der Waals surface area contributed by atoms with E-state index in [1.807, 2.05) is 53.1 Å². The maximum atomic E-state index is 13.1. The molecule has 2 aliphatic heterocycles. The second-order valence-electron chi connectivity index (χ2n) is 16.0. The number of anilines is 1. The first-order chi connectivity index (χ1) is 30.3. The fraction of sp³-hybridized carbons (Fsp3) is 0.391. The number of hydrogen-bond acceptors (Lipinski definition) is 11. The average Bonchev–Trinajstić information content (AvgIpc) is 4.16. The molecule has 7 heterocycles. The van der Waals surface area contributed by atoms with E-state index in [-0.39, 0.29) is 28.8 Å². The van der Waals surface area contributed by atoms with Gasteiger partial charge in [0.15, 0.2) is 17.8 Å². The van der Waals surface area contributed by atoms with Crippen molar-refractivity contribution in [2.75, 3.05) is 52.8 Å². The SMILES string of the molecule is CCn1c(-c2nc3cc(C(=O)N4CC[C@@H](C)C4)cc(OC)c3n2C)cc2ccsc21.CCn1c(C=O)cc2ccsc21.CNc1c(OC)cc(C(=O)N2CC[C@@H](C)C2)cc1[N+](=O)[O-]. The molecule has 2 aromatic carbocycles. The third kappa shape index (κ3) is 8.76. The quantitative estimate of drug-likeness (QED) is 0.0802. The zero-order chi connectivity index (χ0) is 45.1. The predicted octanol–water partition coefficient (Wildman–Crippen LogP) is 9.43. The molecule has 0 spiro atoms. The summed E-state index contributed by atoms with van der Waals surface area (Å²) in [5, 5.41) is 20.5. The van der Waals surface area contributed by atoms with Crippen LogP contribution in [-0.4, -0.2) is 99.0 Å². The van der Waals surface area contributed by atoms with Crippen molar-refractivity contribution in [3.8, 4) is 23.0 Å². The summed E-state index contributed by atoms with van der Waals surface area (Å²) in [5.41, 5.74) is 4.60. The first-order valence-corrected chi connectivity index (χ1v) is 22.9. The Hall–Kier alpha value is -6.20. The number of benzene rings is 2. The van der Waals surface area contributed by atoms with Gasteiger partial charge in [-0.05, 0) is 91.7 Å². The van der Waals surface area contributed by atoms with Crippen molar-refractivity contribution in [2.24, 2.45) is 18.9 Å². The Morgan fingerprint density at radius 1 is 0.857 bits per heavy atom. The zero-order valence-electron chi connectivity index (χ0n) is 37.0. The summed E-state index contributed by atoms with van der Waals surface area (Å²) in [6.45, 7) is 13.2. The second-order valence-corrected chi connectivity index (χ2v) is 17.8. The number of ether oxygens (including phenoxy) is 2. The van der Waals surface area contributed by atoms with Gasteiger partial charge in [-0.15, -0.1) is 22.7 Å². The van der Waals surface area contributed by atoms with Gasteiger partial charge >= 0.3 is 0 Å². The fourth-order valence-corrected chi connectivity index (χ4v) is 10.5. The number of fused-ring (bicyclic) bond motifs is 3. The number of imidazole rings is 1. The van der Waals surface area contributed by atoms with E-state index in [4.69, 9.17) is 14.5 Å². The lowest BCUT2D eigenvalue weighted by molar-refractivity contribution is -0.384. The largest absolute Gasteiger partial charge is 0.494 e. The number of aryl methyl sites for hydroxylation is 3. The number of aromatic nitrogens is 4. The van der Waals surface area contributed by atoms with Crippen molar-refractivity contribution in [1.29, 1.82) is 0 Å². The number of nitrogens with one attached hydrogen (secondary N) is 1. The number of hydrogen-bond donors (Lipinski definition) is 1. The summed E-state index contributed by atoms with van der Waals surface area (Å²) in [5.74, 6) is 2.74. The van der Waals surface area contributed by atoms with Crippen LogP contribution in [0.15, 0.2) is 59.3 Å². The molecule has 2 saturated heterocycles. The summed E-state index contributed by atoms with van der Waals surface area (Å²) >= 11 is 3.42. The van der Waals surface area contributed by atoms with E-state index in [2.05, 4.69) is 52.7 Å². The van der Waals surface area contributed by atoms with Gasteiger partial charge in [-0.2, -0.15) is 0 Å². The van der Waals surface area contributed by atoms with Gasteiger partial charge in [0.2, 0.25) is 0 Å². The van der Waals surface area contributed by atoms with Crippen LogP contribution in [0, 0.1) is 22.0 Å². The number of nitro groups is 1. The highest BCUT2D eigenvalue weighted by atomic mass is 32.1. The van der Waals surface area contributed by atoms with Gasteiger partial charge in [0.1, 0.15) is 26.7 Å². The van der Waals surface area contributed by atoms with Gasteiger partial charge < -0.3 is 38.3 Å². The summed E-state index contributed by atoms with van der Waals surface area (Å²) < 4.78 is 17.3. The Labute approximate surface area is 374 Å². The number of carbonyl (C=O) groups excluding carboxylic acids is 3.